The van der Waals surface area contributed by atoms with Gasteiger partial charge in [-0.2, -0.15) is 0 Å². The number of fused-ring (bicyclic) bond motifs is 4. The molecular weight excluding hydrogens is 512 g/mol. The van der Waals surface area contributed by atoms with Crippen LogP contribution in [-0.2, 0) is 0 Å². The monoisotopic (exact) mass is 550 g/mol. The minimum absolute atomic E-state index is 0.495. The lowest BCUT2D eigenvalue weighted by Crippen LogP contribution is -2.40. The summed E-state index contributed by atoms with van der Waals surface area (Å²) in [5, 5.41) is 15.1. The number of nitrogens with one attached hydrogen (secondary N) is 4. The molecule has 0 saturated heterocycles. The predicted molar refractivity (Wildman–Crippen MR) is 162 cm³/mol. The minimum Gasteiger partial charge on any atom is -0.495 e. The van der Waals surface area contributed by atoms with Crippen LogP contribution >= 0.6 is 24.4 Å². The Morgan fingerprint density at radius 1 is 0.658 bits per heavy atom. The van der Waals surface area contributed by atoms with Gasteiger partial charge in [-0.15, -0.1) is 0 Å². The fraction of sp³-hybridized carbons (Fsp3) is 0.533. The lowest BCUT2D eigenvalue weighted by Gasteiger charge is -2.25. The van der Waals surface area contributed by atoms with Crippen LogP contribution in [0.1, 0.15) is 51.4 Å². The van der Waals surface area contributed by atoms with Gasteiger partial charge in [-0.1, -0.05) is 25.0 Å². The summed E-state index contributed by atoms with van der Waals surface area (Å²) in [6.45, 7) is 0. The molecule has 6 rings (SSSR count). The Morgan fingerprint density at radius 2 is 1.11 bits per heavy atom. The number of hydrogen-bond donors (Lipinski definition) is 4. The number of benzene rings is 2. The van der Waals surface area contributed by atoms with Gasteiger partial charge in [-0.05, 0) is 122 Å². The van der Waals surface area contributed by atoms with Gasteiger partial charge in [0.15, 0.2) is 10.2 Å². The van der Waals surface area contributed by atoms with E-state index < -0.39 is 0 Å². The number of thiocarbonyl (C=S) groups is 2. The first kappa shape index (κ1) is 25.7. The van der Waals surface area contributed by atoms with E-state index in [1.54, 1.807) is 14.2 Å². The zero-order valence-corrected chi connectivity index (χ0v) is 23.9. The summed E-state index contributed by atoms with van der Waals surface area (Å²) >= 11 is 11.3. The molecule has 4 aliphatic rings. The van der Waals surface area contributed by atoms with E-state index in [1.165, 1.54) is 51.4 Å². The molecule has 8 heteroatoms. The highest BCUT2D eigenvalue weighted by Crippen LogP contribution is 2.45. The van der Waals surface area contributed by atoms with Crippen LogP contribution in [0.25, 0.3) is 11.1 Å². The summed E-state index contributed by atoms with van der Waals surface area (Å²) in [6.07, 6.45) is 10.6. The van der Waals surface area contributed by atoms with Gasteiger partial charge in [0, 0.05) is 12.1 Å². The SMILES string of the molecule is COc1cc(-c2ccc(NC(=S)N[C@@H]3C[C@H]4CC[C@@H]3C4)c(OC)c2)ccc1NC(=S)N[C@@H]1C[C@@H]2CC[C@@H]1C2. The van der Waals surface area contributed by atoms with Crippen molar-refractivity contribution in [3.05, 3.63) is 36.4 Å². The largest absolute Gasteiger partial charge is 0.495 e. The van der Waals surface area contributed by atoms with Gasteiger partial charge in [0.05, 0.1) is 25.6 Å². The molecule has 0 aromatic heterocycles. The molecule has 6 nitrogen and oxygen atoms in total. The Morgan fingerprint density at radius 3 is 1.45 bits per heavy atom. The van der Waals surface area contributed by atoms with Gasteiger partial charge in [-0.25, -0.2) is 0 Å². The Hall–Kier alpha value is -2.58. The predicted octanol–water partition coefficient (Wildman–Crippen LogP) is 6.32. The zero-order chi connectivity index (χ0) is 26.2. The maximum Gasteiger partial charge on any atom is 0.171 e. The number of methoxy groups -OCH3 is 2. The zero-order valence-electron chi connectivity index (χ0n) is 22.2. The van der Waals surface area contributed by atoms with E-state index in [-0.39, 0.29) is 0 Å². The van der Waals surface area contributed by atoms with Crippen LogP contribution in [0.4, 0.5) is 11.4 Å². The molecule has 4 saturated carbocycles. The lowest BCUT2D eigenvalue weighted by atomic mass is 9.95. The molecule has 2 aromatic rings. The van der Waals surface area contributed by atoms with Crippen LogP contribution < -0.4 is 30.7 Å². The topological polar surface area (TPSA) is 66.6 Å². The highest BCUT2D eigenvalue weighted by Gasteiger charge is 2.40. The summed E-state index contributed by atoms with van der Waals surface area (Å²) in [6, 6.07) is 13.3. The molecule has 0 aliphatic heterocycles. The van der Waals surface area contributed by atoms with Crippen molar-refractivity contribution in [2.75, 3.05) is 24.9 Å². The van der Waals surface area contributed by atoms with Crippen LogP contribution in [0.3, 0.4) is 0 Å². The Bertz CT molecular complexity index is 1130. The van der Waals surface area contributed by atoms with Gasteiger partial charge < -0.3 is 30.7 Å². The maximum atomic E-state index is 5.73. The molecule has 6 atom stereocenters. The summed E-state index contributed by atoms with van der Waals surface area (Å²) < 4.78 is 11.5. The van der Waals surface area contributed by atoms with Gasteiger partial charge in [0.1, 0.15) is 11.5 Å². The van der Waals surface area contributed by atoms with Crippen LogP contribution in [0.15, 0.2) is 36.4 Å². The van der Waals surface area contributed by atoms with Crippen molar-refractivity contribution in [2.45, 2.75) is 63.5 Å². The third-order valence-electron chi connectivity index (χ3n) is 9.34. The summed E-state index contributed by atoms with van der Waals surface area (Å²) in [4.78, 5) is 0. The molecule has 4 fully saturated rings. The quantitative estimate of drug-likeness (QED) is 0.299. The van der Waals surface area contributed by atoms with E-state index in [0.717, 1.165) is 57.7 Å². The second kappa shape index (κ2) is 10.9. The van der Waals surface area contributed by atoms with Crippen LogP contribution in [0.5, 0.6) is 11.5 Å². The Balaban J connectivity index is 1.11. The summed E-state index contributed by atoms with van der Waals surface area (Å²) in [5.41, 5.74) is 3.79. The van der Waals surface area contributed by atoms with E-state index in [1.807, 2.05) is 24.3 Å². The fourth-order valence-electron chi connectivity index (χ4n) is 7.44. The first-order valence-electron chi connectivity index (χ1n) is 14.0. The summed E-state index contributed by atoms with van der Waals surface area (Å²) in [5.74, 6) is 4.77. The first-order chi connectivity index (χ1) is 18.5. The van der Waals surface area contributed by atoms with Gasteiger partial charge in [0.2, 0.25) is 0 Å². The molecule has 4 aliphatic carbocycles. The average molecular weight is 551 g/mol. The molecule has 0 amide bonds. The van der Waals surface area contributed by atoms with Crippen molar-refractivity contribution < 1.29 is 9.47 Å². The smallest absolute Gasteiger partial charge is 0.171 e. The highest BCUT2D eigenvalue weighted by molar-refractivity contribution is 7.80. The molecule has 202 valence electrons. The number of hydrogen-bond acceptors (Lipinski definition) is 4. The molecule has 4 N–H and O–H groups in total. The molecule has 38 heavy (non-hydrogen) atoms. The molecule has 0 spiro atoms. The van der Waals surface area contributed by atoms with Gasteiger partial charge in [0.25, 0.3) is 0 Å². The van der Waals surface area contributed by atoms with E-state index >= 15 is 0 Å². The van der Waals surface area contributed by atoms with E-state index in [0.29, 0.717) is 22.3 Å². The van der Waals surface area contributed by atoms with E-state index in [4.69, 9.17) is 33.9 Å². The number of rotatable bonds is 7. The second-order valence-electron chi connectivity index (χ2n) is 11.6. The van der Waals surface area contributed by atoms with Crippen molar-refractivity contribution in [1.82, 2.24) is 10.6 Å². The highest BCUT2D eigenvalue weighted by atomic mass is 32.1. The Labute approximate surface area is 236 Å². The Kier molecular flexibility index (Phi) is 7.36. The van der Waals surface area contributed by atoms with Crippen LogP contribution in [0, 0.1) is 23.7 Å². The summed E-state index contributed by atoms with van der Waals surface area (Å²) in [7, 11) is 3.38. The molecule has 0 unspecified atom stereocenters. The van der Waals surface area contributed by atoms with Crippen LogP contribution in [-0.4, -0.2) is 36.5 Å². The van der Waals surface area contributed by atoms with Gasteiger partial charge >= 0.3 is 0 Å². The third kappa shape index (κ3) is 5.30. The average Bonchev–Trinajstić information content (AvgIpc) is 3.72. The molecule has 2 aromatic carbocycles. The first-order valence-corrected chi connectivity index (χ1v) is 14.8. The van der Waals surface area contributed by atoms with Crippen molar-refractivity contribution in [1.29, 1.82) is 0 Å². The number of ether oxygens (including phenoxy) is 2. The third-order valence-corrected chi connectivity index (χ3v) is 9.78. The van der Waals surface area contributed by atoms with Crippen molar-refractivity contribution in [3.63, 3.8) is 0 Å². The fourth-order valence-corrected chi connectivity index (χ4v) is 7.97. The van der Waals surface area contributed by atoms with Crippen LogP contribution in [0.2, 0.25) is 0 Å². The normalized spacial score (nSPS) is 28.7. The van der Waals surface area contributed by atoms with Gasteiger partial charge in [-0.3, -0.25) is 0 Å². The standard InChI is InChI=1S/C30H38N4O2S2/c1-35-27-15-19(7-9-23(27)31-29(37)33-25-13-17-3-5-21(25)11-17)20-8-10-24(28(16-20)36-2)32-30(38)34-26-14-18-4-6-22(26)12-18/h7-10,15-18,21-22,25-26H,3-6,11-14H2,1-2H3,(H2,31,33,37)(H2,32,34,38)/t17-,18+,21-,22-,25-,26-/m1/s1. The van der Waals surface area contributed by atoms with Crippen molar-refractivity contribution >= 4 is 46.0 Å². The number of anilines is 2. The molecule has 0 radical (unpaired) electrons. The van der Waals surface area contributed by atoms with Crippen molar-refractivity contribution in [2.24, 2.45) is 23.7 Å². The lowest BCUT2D eigenvalue weighted by molar-refractivity contribution is 0.391. The molecule has 4 bridgehead atoms. The molecule has 0 heterocycles. The van der Waals surface area contributed by atoms with E-state index in [9.17, 15) is 0 Å². The minimum atomic E-state index is 0.495. The molecular formula is C30H38N4O2S2. The maximum absolute atomic E-state index is 5.73. The van der Waals surface area contributed by atoms with E-state index in [2.05, 4.69) is 33.4 Å². The van der Waals surface area contributed by atoms with Crippen molar-refractivity contribution in [3.8, 4) is 22.6 Å². The second-order valence-corrected chi connectivity index (χ2v) is 12.4.